The summed E-state index contributed by atoms with van der Waals surface area (Å²) >= 11 is 1.41. The van der Waals surface area contributed by atoms with Crippen LogP contribution in [0.15, 0.2) is 90.3 Å². The summed E-state index contributed by atoms with van der Waals surface area (Å²) in [4.78, 5) is 17.2. The summed E-state index contributed by atoms with van der Waals surface area (Å²) in [5, 5.41) is 12.3. The van der Waals surface area contributed by atoms with Gasteiger partial charge >= 0.3 is 0 Å². The summed E-state index contributed by atoms with van der Waals surface area (Å²) in [6.45, 7) is 4.65. The van der Waals surface area contributed by atoms with Gasteiger partial charge in [0.25, 0.3) is 0 Å². The molecule has 0 fully saturated rings. The summed E-state index contributed by atoms with van der Waals surface area (Å²) in [5.41, 5.74) is 3.04. The van der Waals surface area contributed by atoms with Gasteiger partial charge in [-0.15, -0.1) is 10.2 Å². The molecule has 1 unspecified atom stereocenters. The van der Waals surface area contributed by atoms with Crippen molar-refractivity contribution in [2.45, 2.75) is 36.8 Å². The lowest BCUT2D eigenvalue weighted by atomic mass is 9.98. The molecule has 2 heterocycles. The zero-order valence-corrected chi connectivity index (χ0v) is 18.9. The molecule has 1 amide bonds. The Kier molecular flexibility index (Phi) is 6.97. The highest BCUT2D eigenvalue weighted by molar-refractivity contribution is 8.00. The summed E-state index contributed by atoms with van der Waals surface area (Å²) in [6.07, 6.45) is 3.47. The molecule has 0 saturated heterocycles. The number of thioether (sulfide) groups is 1. The quantitative estimate of drug-likeness (QED) is 0.398. The van der Waals surface area contributed by atoms with E-state index in [0.29, 0.717) is 6.54 Å². The average Bonchev–Trinajstić information content (AvgIpc) is 3.26. The van der Waals surface area contributed by atoms with Crippen molar-refractivity contribution >= 4 is 17.7 Å². The number of hydrogen-bond donors (Lipinski definition) is 1. The van der Waals surface area contributed by atoms with E-state index in [0.717, 1.165) is 27.7 Å². The van der Waals surface area contributed by atoms with Gasteiger partial charge < -0.3 is 9.88 Å². The lowest BCUT2D eigenvalue weighted by Crippen LogP contribution is -2.35. The molecular weight excluding hydrogens is 418 g/mol. The molecule has 1 N–H and O–H groups in total. The number of carbonyl (C=O) groups excluding carboxylic acids is 1. The molecule has 0 saturated carbocycles. The number of carbonyl (C=O) groups is 1. The van der Waals surface area contributed by atoms with E-state index in [-0.39, 0.29) is 17.2 Å². The van der Waals surface area contributed by atoms with E-state index in [9.17, 15) is 4.79 Å². The minimum atomic E-state index is -0.343. The van der Waals surface area contributed by atoms with Crippen LogP contribution in [0.1, 0.15) is 31.0 Å². The van der Waals surface area contributed by atoms with Crippen LogP contribution in [0, 0.1) is 0 Å². The van der Waals surface area contributed by atoms with Crippen LogP contribution < -0.4 is 5.32 Å². The van der Waals surface area contributed by atoms with Crippen molar-refractivity contribution in [3.8, 4) is 11.4 Å². The van der Waals surface area contributed by atoms with Crippen LogP contribution in [0.5, 0.6) is 0 Å². The lowest BCUT2D eigenvalue weighted by molar-refractivity contribution is -0.120. The highest BCUT2D eigenvalue weighted by atomic mass is 32.2. The normalized spacial score (nSPS) is 12.0. The Balaban J connectivity index is 1.53. The summed E-state index contributed by atoms with van der Waals surface area (Å²) in [5.74, 6) is 0.722. The fourth-order valence-corrected chi connectivity index (χ4v) is 4.42. The smallest absolute Gasteiger partial charge is 0.234 e. The van der Waals surface area contributed by atoms with Gasteiger partial charge in [0.2, 0.25) is 5.91 Å². The van der Waals surface area contributed by atoms with Gasteiger partial charge in [-0.25, -0.2) is 0 Å². The second kappa shape index (κ2) is 10.2. The molecule has 0 spiro atoms. The van der Waals surface area contributed by atoms with E-state index < -0.39 is 0 Å². The summed E-state index contributed by atoms with van der Waals surface area (Å²) < 4.78 is 2.02. The van der Waals surface area contributed by atoms with Crippen LogP contribution in [0.3, 0.4) is 0 Å². The van der Waals surface area contributed by atoms with Crippen LogP contribution in [-0.2, 0) is 11.3 Å². The van der Waals surface area contributed by atoms with Crippen molar-refractivity contribution < 1.29 is 4.79 Å². The zero-order valence-electron chi connectivity index (χ0n) is 18.1. The van der Waals surface area contributed by atoms with E-state index in [4.69, 9.17) is 0 Å². The van der Waals surface area contributed by atoms with Gasteiger partial charge in [-0.3, -0.25) is 9.78 Å². The van der Waals surface area contributed by atoms with E-state index in [1.165, 1.54) is 11.8 Å². The van der Waals surface area contributed by atoms with Crippen molar-refractivity contribution in [3.63, 3.8) is 0 Å². The number of nitrogens with one attached hydrogen (secondary N) is 1. The summed E-state index contributed by atoms with van der Waals surface area (Å²) in [6, 6.07) is 23.6. The first-order valence-corrected chi connectivity index (χ1v) is 11.5. The third-order valence-electron chi connectivity index (χ3n) is 5.18. The fraction of sp³-hybridized carbons (Fsp3) is 0.200. The van der Waals surface area contributed by atoms with E-state index in [1.807, 2.05) is 91.2 Å². The zero-order chi connectivity index (χ0) is 22.3. The number of aromatic nitrogens is 4. The number of hydrogen-bond acceptors (Lipinski definition) is 5. The Morgan fingerprint density at radius 2 is 1.53 bits per heavy atom. The van der Waals surface area contributed by atoms with Crippen molar-refractivity contribution in [1.29, 1.82) is 0 Å². The Labute approximate surface area is 192 Å². The molecular formula is C25H25N5OS. The minimum Gasteiger partial charge on any atom is -0.344 e. The third kappa shape index (κ3) is 4.89. The van der Waals surface area contributed by atoms with Gasteiger partial charge in [0.05, 0.1) is 11.3 Å². The Morgan fingerprint density at radius 3 is 2.09 bits per heavy atom. The average molecular weight is 444 g/mol. The van der Waals surface area contributed by atoms with Crippen LogP contribution in [0.4, 0.5) is 0 Å². The molecule has 2 aromatic carbocycles. The molecule has 32 heavy (non-hydrogen) atoms. The number of benzene rings is 2. The van der Waals surface area contributed by atoms with Crippen LogP contribution >= 0.6 is 11.8 Å². The van der Waals surface area contributed by atoms with E-state index in [1.54, 1.807) is 12.4 Å². The van der Waals surface area contributed by atoms with Gasteiger partial charge in [-0.1, -0.05) is 72.4 Å². The van der Waals surface area contributed by atoms with Crippen molar-refractivity contribution in [2.24, 2.45) is 0 Å². The van der Waals surface area contributed by atoms with Crippen LogP contribution in [0.2, 0.25) is 0 Å². The van der Waals surface area contributed by atoms with Gasteiger partial charge in [0.15, 0.2) is 11.0 Å². The van der Waals surface area contributed by atoms with Crippen LogP contribution in [-0.4, -0.2) is 30.9 Å². The van der Waals surface area contributed by atoms with Crippen molar-refractivity contribution in [3.05, 3.63) is 96.3 Å². The first-order valence-electron chi connectivity index (χ1n) is 10.6. The lowest BCUT2D eigenvalue weighted by Gasteiger charge is -2.22. The first-order chi connectivity index (χ1) is 15.7. The highest BCUT2D eigenvalue weighted by Gasteiger charge is 2.24. The second-order valence-electron chi connectivity index (χ2n) is 7.31. The maximum Gasteiger partial charge on any atom is 0.234 e. The number of nitrogens with zero attached hydrogens (tertiary/aromatic N) is 4. The molecule has 0 radical (unpaired) electrons. The minimum absolute atomic E-state index is 0.0520. The highest BCUT2D eigenvalue weighted by Crippen LogP contribution is 2.28. The van der Waals surface area contributed by atoms with Gasteiger partial charge in [0, 0.05) is 24.5 Å². The third-order valence-corrected chi connectivity index (χ3v) is 6.26. The molecule has 0 bridgehead atoms. The molecule has 0 aliphatic carbocycles. The topological polar surface area (TPSA) is 72.7 Å². The number of rotatable bonds is 8. The van der Waals surface area contributed by atoms with Gasteiger partial charge in [-0.2, -0.15) is 0 Å². The molecule has 4 rings (SSSR count). The largest absolute Gasteiger partial charge is 0.344 e. The maximum absolute atomic E-state index is 13.2. The Morgan fingerprint density at radius 1 is 0.938 bits per heavy atom. The SMILES string of the molecule is CCn1c(SC(C)C(=O)NC(c2ccccc2)c2ccccc2)nnc1-c1ccncc1. The molecule has 4 aromatic rings. The molecule has 1 atom stereocenters. The molecule has 6 nitrogen and oxygen atoms in total. The predicted molar refractivity (Wildman–Crippen MR) is 127 cm³/mol. The molecule has 162 valence electrons. The van der Waals surface area contributed by atoms with E-state index in [2.05, 4.69) is 20.5 Å². The first kappa shape index (κ1) is 21.8. The molecule has 7 heteroatoms. The summed E-state index contributed by atoms with van der Waals surface area (Å²) in [7, 11) is 0. The van der Waals surface area contributed by atoms with Gasteiger partial charge in [-0.05, 0) is 37.1 Å². The molecule has 2 aromatic heterocycles. The standard InChI is InChI=1S/C25H25N5OS/c1-3-30-23(21-14-16-26-17-15-21)28-29-25(30)32-18(2)24(31)27-22(19-10-6-4-7-11-19)20-12-8-5-9-13-20/h4-18,22H,3H2,1-2H3,(H,27,31). The number of amides is 1. The molecule has 0 aliphatic heterocycles. The Hall–Kier alpha value is -3.45. The second-order valence-corrected chi connectivity index (χ2v) is 8.62. The van der Waals surface area contributed by atoms with Crippen LogP contribution in [0.25, 0.3) is 11.4 Å². The predicted octanol–water partition coefficient (Wildman–Crippen LogP) is 4.75. The Bertz CT molecular complexity index is 1110. The number of pyridine rings is 1. The monoisotopic (exact) mass is 443 g/mol. The molecule has 0 aliphatic rings. The van der Waals surface area contributed by atoms with E-state index >= 15 is 0 Å². The maximum atomic E-state index is 13.2. The van der Waals surface area contributed by atoms with Crippen molar-refractivity contribution in [1.82, 2.24) is 25.1 Å². The van der Waals surface area contributed by atoms with Gasteiger partial charge in [0.1, 0.15) is 0 Å². The van der Waals surface area contributed by atoms with Crippen molar-refractivity contribution in [2.75, 3.05) is 0 Å². The fourth-order valence-electron chi connectivity index (χ4n) is 3.50.